The second-order valence-electron chi connectivity index (χ2n) is 20.4. The molecule has 77 heavy (non-hydrogen) atoms. The van der Waals surface area contributed by atoms with Crippen molar-refractivity contribution < 1.29 is 69.0 Å². The lowest BCUT2D eigenvalue weighted by atomic mass is 9.98. The van der Waals surface area contributed by atoms with Crippen LogP contribution in [0.15, 0.2) is 97.2 Å². The molecule has 2 rings (SSSR count). The molecule has 0 radical (unpaired) electrons. The minimum atomic E-state index is -1.72. The van der Waals surface area contributed by atoms with Crippen LogP contribution in [0.4, 0.5) is 0 Å². The van der Waals surface area contributed by atoms with Crippen LogP contribution in [-0.2, 0) is 33.2 Å². The summed E-state index contributed by atoms with van der Waals surface area (Å²) in [4.78, 5) is 13.1. The minimum absolute atomic E-state index is 0.0452. The number of allylic oxidation sites excluding steroid dienone is 16. The summed E-state index contributed by atoms with van der Waals surface area (Å²) in [6.07, 6.45) is 49.0. The summed E-state index contributed by atoms with van der Waals surface area (Å²) in [5.41, 5.74) is 0. The molecule has 0 aromatic heterocycles. The van der Waals surface area contributed by atoms with Gasteiger partial charge in [0.25, 0.3) is 0 Å². The van der Waals surface area contributed by atoms with E-state index in [2.05, 4.69) is 111 Å². The van der Waals surface area contributed by atoms with E-state index in [1.54, 1.807) is 0 Å². The van der Waals surface area contributed by atoms with Gasteiger partial charge in [-0.15, -0.1) is 0 Å². The number of aliphatic hydroxyl groups excluding tert-OH is 7. The number of rotatable bonds is 47. The van der Waals surface area contributed by atoms with Crippen LogP contribution in [0.25, 0.3) is 0 Å². The van der Waals surface area contributed by atoms with Gasteiger partial charge in [0.2, 0.25) is 0 Å². The summed E-state index contributed by atoms with van der Waals surface area (Å²) in [7, 11) is 0. The summed E-state index contributed by atoms with van der Waals surface area (Å²) in [5.74, 6) is -0.402. The third kappa shape index (κ3) is 35.3. The molecule has 0 saturated carbocycles. The zero-order chi connectivity index (χ0) is 55.8. The summed E-state index contributed by atoms with van der Waals surface area (Å²) >= 11 is 0. The standard InChI is InChI=1S/C63H106O14/c1-3-5-7-9-11-13-15-17-19-21-22-23-24-25-26-27-28-29-31-33-35-37-39-41-43-45-47-72-49-52(75-55(65)46-44-42-40-38-36-34-32-30-20-18-16-14-12-10-8-6-4-2)50-73-62-61(71)59(69)57(67)54(77-62)51-74-63-60(70)58(68)56(66)53(48-64)76-63/h5-8,11-14,17-20,22-23,32,34,52-54,56-64,66-71H,3-4,9-10,15-16,21,24-31,33,35-51H2,1-2H3/b7-5-,8-6-,13-11-,14-12-,19-17-,20-18-,23-22-,34-32-. The van der Waals surface area contributed by atoms with Crippen molar-refractivity contribution in [2.75, 3.05) is 33.0 Å². The van der Waals surface area contributed by atoms with Gasteiger partial charge < -0.3 is 64.2 Å². The van der Waals surface area contributed by atoms with Crippen LogP contribution in [-0.4, -0.2) is 142 Å². The highest BCUT2D eigenvalue weighted by molar-refractivity contribution is 5.69. The first-order chi connectivity index (χ1) is 37.6. The first kappa shape index (κ1) is 70.0. The summed E-state index contributed by atoms with van der Waals surface area (Å²) < 4.78 is 34.4. The van der Waals surface area contributed by atoms with Crippen molar-refractivity contribution in [3.05, 3.63) is 97.2 Å². The maximum Gasteiger partial charge on any atom is 0.306 e. The van der Waals surface area contributed by atoms with E-state index in [0.29, 0.717) is 13.0 Å². The molecular formula is C63H106O14. The Morgan fingerprint density at radius 3 is 1.26 bits per heavy atom. The molecule has 0 aromatic rings. The number of hydrogen-bond acceptors (Lipinski definition) is 14. The van der Waals surface area contributed by atoms with Crippen molar-refractivity contribution in [3.63, 3.8) is 0 Å². The van der Waals surface area contributed by atoms with Crippen molar-refractivity contribution in [1.82, 2.24) is 0 Å². The lowest BCUT2D eigenvalue weighted by Crippen LogP contribution is -2.61. The summed E-state index contributed by atoms with van der Waals surface area (Å²) in [6.45, 7) is 3.42. The van der Waals surface area contributed by atoms with E-state index in [9.17, 15) is 40.5 Å². The van der Waals surface area contributed by atoms with E-state index in [1.165, 1.54) is 70.6 Å². The monoisotopic (exact) mass is 1090 g/mol. The molecule has 0 aromatic carbocycles. The lowest BCUT2D eigenvalue weighted by molar-refractivity contribution is -0.332. The molecule has 2 aliphatic heterocycles. The summed E-state index contributed by atoms with van der Waals surface area (Å²) in [6, 6.07) is 0. The van der Waals surface area contributed by atoms with E-state index in [0.717, 1.165) is 96.3 Å². The van der Waals surface area contributed by atoms with Gasteiger partial charge in [0, 0.05) is 13.0 Å². The molecule has 7 N–H and O–H groups in total. The molecule has 2 saturated heterocycles. The number of ether oxygens (including phenoxy) is 6. The fourth-order valence-electron chi connectivity index (χ4n) is 8.86. The fourth-order valence-corrected chi connectivity index (χ4v) is 8.86. The molecule has 0 spiro atoms. The van der Waals surface area contributed by atoms with Crippen LogP contribution in [0.3, 0.4) is 0 Å². The van der Waals surface area contributed by atoms with E-state index in [4.69, 9.17) is 28.4 Å². The molecule has 442 valence electrons. The van der Waals surface area contributed by atoms with Gasteiger partial charge in [-0.3, -0.25) is 4.79 Å². The quantitative estimate of drug-likeness (QED) is 0.0172. The molecule has 2 heterocycles. The zero-order valence-electron chi connectivity index (χ0n) is 47.4. The van der Waals surface area contributed by atoms with Gasteiger partial charge in [-0.25, -0.2) is 0 Å². The van der Waals surface area contributed by atoms with Crippen LogP contribution in [0.2, 0.25) is 0 Å². The second-order valence-corrected chi connectivity index (χ2v) is 20.4. The first-order valence-electron chi connectivity index (χ1n) is 29.8. The molecule has 0 amide bonds. The van der Waals surface area contributed by atoms with Crippen molar-refractivity contribution in [2.24, 2.45) is 0 Å². The number of esters is 1. The SMILES string of the molecule is CC/C=C\C/C=C\C/C=C\C/C=C\CCCCCCCCCCCCCCCOCC(COC1OC(COC2OC(CO)C(O)C(O)C2O)C(O)C(O)C1O)OC(=O)CCCCCC/C=C\C/C=C\C/C=C\C/C=C\CC. The second kappa shape index (κ2) is 48.8. The van der Waals surface area contributed by atoms with Crippen LogP contribution in [0.5, 0.6) is 0 Å². The maximum absolute atomic E-state index is 13.1. The average Bonchev–Trinajstić information content (AvgIpc) is 3.43. The largest absolute Gasteiger partial charge is 0.457 e. The Hall–Kier alpha value is -3.09. The molecule has 0 aliphatic carbocycles. The number of carbonyl (C=O) groups excluding carboxylic acids is 1. The highest BCUT2D eigenvalue weighted by atomic mass is 16.7. The smallest absolute Gasteiger partial charge is 0.306 e. The Morgan fingerprint density at radius 2 is 0.805 bits per heavy atom. The van der Waals surface area contributed by atoms with Crippen molar-refractivity contribution in [1.29, 1.82) is 0 Å². The Kier molecular flexibility index (Phi) is 44.4. The van der Waals surface area contributed by atoms with Gasteiger partial charge in [0.1, 0.15) is 54.9 Å². The van der Waals surface area contributed by atoms with Gasteiger partial charge in [-0.1, -0.05) is 195 Å². The molecule has 2 fully saturated rings. The van der Waals surface area contributed by atoms with E-state index < -0.39 is 86.7 Å². The lowest BCUT2D eigenvalue weighted by Gasteiger charge is -2.42. The third-order valence-corrected chi connectivity index (χ3v) is 13.6. The first-order valence-corrected chi connectivity index (χ1v) is 29.8. The van der Waals surface area contributed by atoms with Gasteiger partial charge in [0.15, 0.2) is 12.6 Å². The Bertz CT molecular complexity index is 1640. The normalized spacial score (nSPS) is 25.0. The van der Waals surface area contributed by atoms with Gasteiger partial charge in [-0.2, -0.15) is 0 Å². The maximum atomic E-state index is 13.1. The Balaban J connectivity index is 1.69. The third-order valence-electron chi connectivity index (χ3n) is 13.6. The Morgan fingerprint density at radius 1 is 0.429 bits per heavy atom. The van der Waals surface area contributed by atoms with Gasteiger partial charge in [0.05, 0.1) is 26.4 Å². The number of unbranched alkanes of at least 4 members (excludes halogenated alkanes) is 17. The molecule has 14 nitrogen and oxygen atoms in total. The summed E-state index contributed by atoms with van der Waals surface area (Å²) in [5, 5.41) is 72.4. The van der Waals surface area contributed by atoms with Gasteiger partial charge >= 0.3 is 5.97 Å². The van der Waals surface area contributed by atoms with E-state index in [-0.39, 0.29) is 19.6 Å². The molecule has 14 heteroatoms. The number of hydrogen-bond donors (Lipinski definition) is 7. The minimum Gasteiger partial charge on any atom is -0.457 e. The number of carbonyl (C=O) groups is 1. The van der Waals surface area contributed by atoms with Crippen LogP contribution < -0.4 is 0 Å². The predicted octanol–water partition coefficient (Wildman–Crippen LogP) is 11.0. The van der Waals surface area contributed by atoms with E-state index in [1.807, 2.05) is 0 Å². The van der Waals surface area contributed by atoms with Gasteiger partial charge in [-0.05, 0) is 89.9 Å². The van der Waals surface area contributed by atoms with Crippen molar-refractivity contribution >= 4 is 5.97 Å². The number of aliphatic hydroxyl groups is 7. The fraction of sp³-hybridized carbons (Fsp3) is 0.730. The molecule has 0 bridgehead atoms. The highest BCUT2D eigenvalue weighted by Gasteiger charge is 2.47. The molecule has 2 aliphatic rings. The molecule has 11 atom stereocenters. The molecule has 11 unspecified atom stereocenters. The predicted molar refractivity (Wildman–Crippen MR) is 307 cm³/mol. The highest BCUT2D eigenvalue weighted by Crippen LogP contribution is 2.26. The van der Waals surface area contributed by atoms with Crippen LogP contribution in [0.1, 0.15) is 194 Å². The topological polar surface area (TPSA) is 214 Å². The van der Waals surface area contributed by atoms with Crippen molar-refractivity contribution in [2.45, 2.75) is 261 Å². The van der Waals surface area contributed by atoms with Crippen molar-refractivity contribution in [3.8, 4) is 0 Å². The average molecular weight is 1090 g/mol. The van der Waals surface area contributed by atoms with E-state index >= 15 is 0 Å². The van der Waals surface area contributed by atoms with Crippen LogP contribution in [0, 0.1) is 0 Å². The molecular weight excluding hydrogens is 981 g/mol. The zero-order valence-corrected chi connectivity index (χ0v) is 47.4. The Labute approximate surface area is 464 Å². The van der Waals surface area contributed by atoms with Crippen LogP contribution >= 0.6 is 0 Å².